The van der Waals surface area contributed by atoms with E-state index in [1.807, 2.05) is 61.5 Å². The van der Waals surface area contributed by atoms with Crippen molar-refractivity contribution in [2.75, 3.05) is 0 Å². The van der Waals surface area contributed by atoms with Crippen molar-refractivity contribution in [3.63, 3.8) is 0 Å². The molecular formula is C16H15N3O. The molecule has 1 aromatic heterocycles. The molecule has 0 radical (unpaired) electrons. The van der Waals surface area contributed by atoms with E-state index in [1.54, 1.807) is 11.6 Å². The Balaban J connectivity index is 2.22. The van der Waals surface area contributed by atoms with Gasteiger partial charge < -0.3 is 0 Å². The predicted molar refractivity (Wildman–Crippen MR) is 79.0 cm³/mol. The molecule has 0 aliphatic carbocycles. The molecule has 20 heavy (non-hydrogen) atoms. The van der Waals surface area contributed by atoms with Gasteiger partial charge in [-0.2, -0.15) is 4.68 Å². The van der Waals surface area contributed by atoms with Crippen LogP contribution < -0.4 is 5.69 Å². The van der Waals surface area contributed by atoms with Crippen LogP contribution in [-0.2, 0) is 7.05 Å². The first-order valence-electron chi connectivity index (χ1n) is 6.46. The molecule has 0 bridgehead atoms. The van der Waals surface area contributed by atoms with E-state index >= 15 is 0 Å². The summed E-state index contributed by atoms with van der Waals surface area (Å²) in [5.41, 5.74) is 2.63. The summed E-state index contributed by atoms with van der Waals surface area (Å²) in [6, 6.07) is 17.4. The van der Waals surface area contributed by atoms with Gasteiger partial charge in [0.2, 0.25) is 0 Å². The number of nitrogens with zero attached hydrogens (tertiary/aromatic N) is 3. The summed E-state index contributed by atoms with van der Waals surface area (Å²) < 4.78 is 3.03. The van der Waals surface area contributed by atoms with Crippen LogP contribution in [-0.4, -0.2) is 14.3 Å². The fraction of sp³-hybridized carbons (Fsp3) is 0.125. The minimum atomic E-state index is -0.141. The number of rotatable bonds is 2. The maximum absolute atomic E-state index is 12.4. The lowest BCUT2D eigenvalue weighted by molar-refractivity contribution is 0.795. The van der Waals surface area contributed by atoms with E-state index < -0.39 is 0 Å². The molecule has 1 heterocycles. The Kier molecular flexibility index (Phi) is 2.99. The zero-order chi connectivity index (χ0) is 14.1. The Labute approximate surface area is 116 Å². The molecular weight excluding hydrogens is 250 g/mol. The Morgan fingerprint density at radius 2 is 1.60 bits per heavy atom. The minimum Gasteiger partial charge on any atom is -0.278 e. The highest BCUT2D eigenvalue weighted by atomic mass is 16.2. The molecule has 0 atom stereocenters. The van der Waals surface area contributed by atoms with Crippen LogP contribution in [0.5, 0.6) is 0 Å². The monoisotopic (exact) mass is 265 g/mol. The summed E-state index contributed by atoms with van der Waals surface area (Å²) in [6.07, 6.45) is 0. The van der Waals surface area contributed by atoms with E-state index in [9.17, 15) is 4.79 Å². The Morgan fingerprint density at radius 3 is 2.30 bits per heavy atom. The molecule has 0 N–H and O–H groups in total. The summed E-state index contributed by atoms with van der Waals surface area (Å²) in [5.74, 6) is 0.666. The smallest absolute Gasteiger partial charge is 0.278 e. The van der Waals surface area contributed by atoms with Gasteiger partial charge in [0, 0.05) is 12.6 Å². The second-order valence-corrected chi connectivity index (χ2v) is 4.73. The molecule has 3 rings (SSSR count). The molecule has 0 saturated heterocycles. The van der Waals surface area contributed by atoms with Gasteiger partial charge in [-0.1, -0.05) is 48.5 Å². The summed E-state index contributed by atoms with van der Waals surface area (Å²) in [7, 11) is 1.74. The molecule has 2 aromatic carbocycles. The van der Waals surface area contributed by atoms with Gasteiger partial charge in [0.15, 0.2) is 5.82 Å². The van der Waals surface area contributed by atoms with Crippen LogP contribution in [0.4, 0.5) is 0 Å². The average molecular weight is 265 g/mol. The standard InChI is InChI=1S/C16H15N3O/c1-12-8-6-7-11-14(12)19-16(20)18(2)15(17-19)13-9-4-3-5-10-13/h3-11H,1-2H3. The normalized spacial score (nSPS) is 10.7. The number of benzene rings is 2. The van der Waals surface area contributed by atoms with E-state index in [4.69, 9.17) is 0 Å². The molecule has 0 unspecified atom stereocenters. The van der Waals surface area contributed by atoms with Crippen molar-refractivity contribution in [2.45, 2.75) is 6.92 Å². The Bertz CT molecular complexity index is 800. The maximum Gasteiger partial charge on any atom is 0.350 e. The molecule has 0 fully saturated rings. The van der Waals surface area contributed by atoms with E-state index in [0.717, 1.165) is 16.8 Å². The molecule has 3 aromatic rings. The molecule has 4 nitrogen and oxygen atoms in total. The molecule has 0 aliphatic rings. The third-order valence-corrected chi connectivity index (χ3v) is 3.36. The van der Waals surface area contributed by atoms with E-state index in [2.05, 4.69) is 5.10 Å². The zero-order valence-electron chi connectivity index (χ0n) is 11.4. The SMILES string of the molecule is Cc1ccccc1-n1nc(-c2ccccc2)n(C)c1=O. The molecule has 0 saturated carbocycles. The van der Waals surface area contributed by atoms with Crippen molar-refractivity contribution in [1.82, 2.24) is 14.3 Å². The van der Waals surface area contributed by atoms with Crippen LogP contribution >= 0.6 is 0 Å². The van der Waals surface area contributed by atoms with Crippen molar-refractivity contribution in [3.05, 3.63) is 70.6 Å². The lowest BCUT2D eigenvalue weighted by Crippen LogP contribution is -2.22. The Hall–Kier alpha value is -2.62. The molecule has 0 aliphatic heterocycles. The van der Waals surface area contributed by atoms with Crippen molar-refractivity contribution in [1.29, 1.82) is 0 Å². The number of hydrogen-bond donors (Lipinski definition) is 0. The van der Waals surface area contributed by atoms with Crippen LogP contribution in [0.15, 0.2) is 59.4 Å². The second-order valence-electron chi connectivity index (χ2n) is 4.73. The maximum atomic E-state index is 12.4. The number of aromatic nitrogens is 3. The lowest BCUT2D eigenvalue weighted by atomic mass is 10.2. The second kappa shape index (κ2) is 4.81. The van der Waals surface area contributed by atoms with Crippen LogP contribution in [0.3, 0.4) is 0 Å². The fourth-order valence-corrected chi connectivity index (χ4v) is 2.23. The van der Waals surface area contributed by atoms with Gasteiger partial charge >= 0.3 is 5.69 Å². The van der Waals surface area contributed by atoms with Crippen LogP contribution in [0.1, 0.15) is 5.56 Å². The van der Waals surface area contributed by atoms with Crippen molar-refractivity contribution in [3.8, 4) is 17.1 Å². The third kappa shape index (κ3) is 1.95. The highest BCUT2D eigenvalue weighted by Crippen LogP contribution is 2.16. The predicted octanol–water partition coefficient (Wildman–Crippen LogP) is 2.55. The van der Waals surface area contributed by atoms with Crippen LogP contribution in [0.25, 0.3) is 17.1 Å². The van der Waals surface area contributed by atoms with Gasteiger partial charge in [-0.3, -0.25) is 4.57 Å². The summed E-state index contributed by atoms with van der Waals surface area (Å²) >= 11 is 0. The summed E-state index contributed by atoms with van der Waals surface area (Å²) in [5, 5.41) is 4.48. The zero-order valence-corrected chi connectivity index (χ0v) is 11.4. The van der Waals surface area contributed by atoms with Crippen molar-refractivity contribution in [2.24, 2.45) is 7.05 Å². The van der Waals surface area contributed by atoms with Gasteiger partial charge in [0.1, 0.15) is 0 Å². The van der Waals surface area contributed by atoms with E-state index in [0.29, 0.717) is 5.82 Å². The largest absolute Gasteiger partial charge is 0.350 e. The van der Waals surface area contributed by atoms with E-state index in [1.165, 1.54) is 4.68 Å². The van der Waals surface area contributed by atoms with Gasteiger partial charge in [0.25, 0.3) is 0 Å². The van der Waals surface area contributed by atoms with Gasteiger partial charge in [-0.15, -0.1) is 5.10 Å². The van der Waals surface area contributed by atoms with Gasteiger partial charge in [0.05, 0.1) is 5.69 Å². The Morgan fingerprint density at radius 1 is 0.950 bits per heavy atom. The first-order chi connectivity index (χ1) is 9.68. The third-order valence-electron chi connectivity index (χ3n) is 3.36. The topological polar surface area (TPSA) is 39.8 Å². The van der Waals surface area contributed by atoms with E-state index in [-0.39, 0.29) is 5.69 Å². The quantitative estimate of drug-likeness (QED) is 0.714. The highest BCUT2D eigenvalue weighted by molar-refractivity contribution is 5.55. The molecule has 0 amide bonds. The molecule has 4 heteroatoms. The molecule has 0 spiro atoms. The van der Waals surface area contributed by atoms with Crippen LogP contribution in [0, 0.1) is 6.92 Å². The number of aryl methyl sites for hydroxylation is 1. The van der Waals surface area contributed by atoms with Crippen LogP contribution in [0.2, 0.25) is 0 Å². The summed E-state index contributed by atoms with van der Waals surface area (Å²) in [4.78, 5) is 12.4. The van der Waals surface area contributed by atoms with Gasteiger partial charge in [-0.25, -0.2) is 4.79 Å². The number of para-hydroxylation sites is 1. The fourth-order valence-electron chi connectivity index (χ4n) is 2.23. The number of hydrogen-bond acceptors (Lipinski definition) is 2. The first kappa shape index (κ1) is 12.4. The average Bonchev–Trinajstić information content (AvgIpc) is 2.77. The summed E-state index contributed by atoms with van der Waals surface area (Å²) in [6.45, 7) is 1.97. The minimum absolute atomic E-state index is 0.141. The van der Waals surface area contributed by atoms with Crippen molar-refractivity contribution >= 4 is 0 Å². The van der Waals surface area contributed by atoms with Gasteiger partial charge in [-0.05, 0) is 18.6 Å². The lowest BCUT2D eigenvalue weighted by Gasteiger charge is -2.02. The highest BCUT2D eigenvalue weighted by Gasteiger charge is 2.13. The van der Waals surface area contributed by atoms with Crippen molar-refractivity contribution < 1.29 is 0 Å². The molecule has 100 valence electrons. The first-order valence-corrected chi connectivity index (χ1v) is 6.46.